The van der Waals surface area contributed by atoms with Crippen molar-refractivity contribution in [3.05, 3.63) is 69.2 Å². The molecular weight excluding hydrogens is 451 g/mol. The predicted octanol–water partition coefficient (Wildman–Crippen LogP) is 5.87. The van der Waals surface area contributed by atoms with Gasteiger partial charge in [-0.3, -0.25) is 9.59 Å². The van der Waals surface area contributed by atoms with Gasteiger partial charge in [-0.1, -0.05) is 59.1 Å². The third-order valence-electron chi connectivity index (χ3n) is 4.67. The SMILES string of the molecule is Cc1ccc(CN(C(=O)CSCc2c(Cl)cccc2Cl)[C@@H](C)C(=O)NC(C)(C)C)cc1. The summed E-state index contributed by atoms with van der Waals surface area (Å²) in [5.41, 5.74) is 2.56. The lowest BCUT2D eigenvalue weighted by Crippen LogP contribution is -2.52. The number of thioether (sulfide) groups is 1. The van der Waals surface area contributed by atoms with Crippen LogP contribution in [0.25, 0.3) is 0 Å². The summed E-state index contributed by atoms with van der Waals surface area (Å²) in [6.07, 6.45) is 0. The van der Waals surface area contributed by atoms with Gasteiger partial charge in [-0.2, -0.15) is 0 Å². The number of halogens is 2. The van der Waals surface area contributed by atoms with Crippen LogP contribution in [0.1, 0.15) is 44.4 Å². The van der Waals surface area contributed by atoms with Crippen molar-refractivity contribution >= 4 is 46.8 Å². The fourth-order valence-electron chi connectivity index (χ4n) is 2.94. The van der Waals surface area contributed by atoms with Gasteiger partial charge in [-0.15, -0.1) is 11.8 Å². The summed E-state index contributed by atoms with van der Waals surface area (Å²) in [7, 11) is 0. The van der Waals surface area contributed by atoms with Gasteiger partial charge in [0, 0.05) is 27.9 Å². The lowest BCUT2D eigenvalue weighted by Gasteiger charge is -2.31. The zero-order valence-electron chi connectivity index (χ0n) is 18.7. The summed E-state index contributed by atoms with van der Waals surface area (Å²) < 4.78 is 0. The third kappa shape index (κ3) is 8.06. The second-order valence-corrected chi connectivity index (χ2v) is 10.4. The van der Waals surface area contributed by atoms with Crippen molar-refractivity contribution in [1.82, 2.24) is 10.2 Å². The van der Waals surface area contributed by atoms with Crippen molar-refractivity contribution < 1.29 is 9.59 Å². The van der Waals surface area contributed by atoms with Gasteiger partial charge < -0.3 is 10.2 Å². The van der Waals surface area contributed by atoms with Crippen molar-refractivity contribution in [3.63, 3.8) is 0 Å². The Hall–Kier alpha value is -1.69. The van der Waals surface area contributed by atoms with Crippen molar-refractivity contribution in [3.8, 4) is 0 Å². The first-order chi connectivity index (χ1) is 14.5. The molecule has 0 aromatic heterocycles. The molecule has 1 N–H and O–H groups in total. The summed E-state index contributed by atoms with van der Waals surface area (Å²) in [6, 6.07) is 12.8. The molecule has 0 heterocycles. The molecule has 168 valence electrons. The molecule has 2 amide bonds. The number of aryl methyl sites for hydroxylation is 1. The van der Waals surface area contributed by atoms with Crippen LogP contribution in [0.2, 0.25) is 10.0 Å². The Morgan fingerprint density at radius 2 is 1.65 bits per heavy atom. The number of hydrogen-bond acceptors (Lipinski definition) is 3. The average Bonchev–Trinajstić information content (AvgIpc) is 2.67. The van der Waals surface area contributed by atoms with Gasteiger partial charge in [0.25, 0.3) is 0 Å². The highest BCUT2D eigenvalue weighted by Crippen LogP contribution is 2.28. The Balaban J connectivity index is 2.13. The number of amides is 2. The van der Waals surface area contributed by atoms with Gasteiger partial charge in [0.1, 0.15) is 6.04 Å². The van der Waals surface area contributed by atoms with Crippen LogP contribution in [0.5, 0.6) is 0 Å². The second kappa shape index (κ2) is 11.3. The normalized spacial score (nSPS) is 12.4. The van der Waals surface area contributed by atoms with Crippen molar-refractivity contribution in [2.75, 3.05) is 5.75 Å². The number of benzene rings is 2. The molecule has 0 aliphatic rings. The topological polar surface area (TPSA) is 49.4 Å². The lowest BCUT2D eigenvalue weighted by atomic mass is 10.1. The molecule has 2 aromatic carbocycles. The van der Waals surface area contributed by atoms with E-state index in [4.69, 9.17) is 23.2 Å². The Kier molecular flexibility index (Phi) is 9.28. The number of carbonyl (C=O) groups is 2. The zero-order chi connectivity index (χ0) is 23.2. The van der Waals surface area contributed by atoms with E-state index in [9.17, 15) is 9.59 Å². The van der Waals surface area contributed by atoms with E-state index in [1.165, 1.54) is 11.8 Å². The number of nitrogens with one attached hydrogen (secondary N) is 1. The number of carbonyl (C=O) groups excluding carboxylic acids is 2. The summed E-state index contributed by atoms with van der Waals surface area (Å²) in [6.45, 7) is 9.92. The molecule has 2 aromatic rings. The molecule has 2 rings (SSSR count). The minimum Gasteiger partial charge on any atom is -0.350 e. The molecule has 31 heavy (non-hydrogen) atoms. The van der Waals surface area contributed by atoms with E-state index in [1.807, 2.05) is 52.0 Å². The fraction of sp³-hybridized carbons (Fsp3) is 0.417. The highest BCUT2D eigenvalue weighted by molar-refractivity contribution is 7.99. The molecule has 0 fully saturated rings. The molecule has 0 aliphatic carbocycles. The highest BCUT2D eigenvalue weighted by Gasteiger charge is 2.28. The molecule has 0 saturated heterocycles. The first-order valence-electron chi connectivity index (χ1n) is 10.2. The molecule has 0 saturated carbocycles. The van der Waals surface area contributed by atoms with E-state index in [2.05, 4.69) is 5.32 Å². The molecular formula is C24H30Cl2N2O2S. The maximum Gasteiger partial charge on any atom is 0.242 e. The van der Waals surface area contributed by atoms with E-state index in [0.29, 0.717) is 22.3 Å². The average molecular weight is 481 g/mol. The molecule has 0 aliphatic heterocycles. The minimum atomic E-state index is -0.600. The monoisotopic (exact) mass is 480 g/mol. The zero-order valence-corrected chi connectivity index (χ0v) is 21.0. The van der Waals surface area contributed by atoms with Gasteiger partial charge in [0.15, 0.2) is 0 Å². The van der Waals surface area contributed by atoms with Crippen molar-refractivity contribution in [1.29, 1.82) is 0 Å². The van der Waals surface area contributed by atoms with E-state index in [-0.39, 0.29) is 23.1 Å². The van der Waals surface area contributed by atoms with Crippen LogP contribution >= 0.6 is 35.0 Å². The Morgan fingerprint density at radius 3 is 2.19 bits per heavy atom. The van der Waals surface area contributed by atoms with Gasteiger partial charge in [-0.05, 0) is 57.9 Å². The quantitative estimate of drug-likeness (QED) is 0.513. The van der Waals surface area contributed by atoms with Crippen molar-refractivity contribution in [2.45, 2.75) is 58.5 Å². The summed E-state index contributed by atoms with van der Waals surface area (Å²) >= 11 is 13.9. The van der Waals surface area contributed by atoms with Gasteiger partial charge in [0.2, 0.25) is 11.8 Å². The van der Waals surface area contributed by atoms with Crippen LogP contribution in [0.15, 0.2) is 42.5 Å². The number of nitrogens with zero attached hydrogens (tertiary/aromatic N) is 1. The van der Waals surface area contributed by atoms with Crippen molar-refractivity contribution in [2.24, 2.45) is 0 Å². The Bertz CT molecular complexity index is 891. The first kappa shape index (κ1) is 25.6. The van der Waals surface area contributed by atoms with Gasteiger partial charge in [0.05, 0.1) is 5.75 Å². The second-order valence-electron chi connectivity index (χ2n) is 8.62. The first-order valence-corrected chi connectivity index (χ1v) is 12.1. The fourth-order valence-corrected chi connectivity index (χ4v) is 4.59. The highest BCUT2D eigenvalue weighted by atomic mass is 35.5. The van der Waals surface area contributed by atoms with Crippen LogP contribution in [-0.4, -0.2) is 34.0 Å². The van der Waals surface area contributed by atoms with Crippen LogP contribution in [0.3, 0.4) is 0 Å². The maximum atomic E-state index is 13.1. The molecule has 0 bridgehead atoms. The van der Waals surface area contributed by atoms with E-state index in [1.54, 1.807) is 30.0 Å². The molecule has 7 heteroatoms. The Labute approximate surface area is 199 Å². The smallest absolute Gasteiger partial charge is 0.242 e. The number of rotatable bonds is 8. The lowest BCUT2D eigenvalue weighted by molar-refractivity contribution is -0.139. The molecule has 1 atom stereocenters. The predicted molar refractivity (Wildman–Crippen MR) is 132 cm³/mol. The van der Waals surface area contributed by atoms with Gasteiger partial charge >= 0.3 is 0 Å². The van der Waals surface area contributed by atoms with Crippen LogP contribution < -0.4 is 5.32 Å². The van der Waals surface area contributed by atoms with Crippen LogP contribution in [-0.2, 0) is 21.9 Å². The standard InChI is InChI=1S/C24H30Cl2N2O2S/c1-16-9-11-18(12-10-16)13-28(17(2)23(30)27-24(3,4)5)22(29)15-31-14-19-20(25)7-6-8-21(19)26/h6-12,17H,13-15H2,1-5H3,(H,27,30)/t17-/m0/s1. The summed E-state index contributed by atoms with van der Waals surface area (Å²) in [5, 5.41) is 4.14. The third-order valence-corrected chi connectivity index (χ3v) is 6.32. The Morgan fingerprint density at radius 1 is 1.06 bits per heavy atom. The summed E-state index contributed by atoms with van der Waals surface area (Å²) in [5.74, 6) is 0.462. The van der Waals surface area contributed by atoms with Crippen LogP contribution in [0.4, 0.5) is 0 Å². The minimum absolute atomic E-state index is 0.106. The molecule has 4 nitrogen and oxygen atoms in total. The summed E-state index contributed by atoms with van der Waals surface area (Å²) in [4.78, 5) is 27.6. The van der Waals surface area contributed by atoms with E-state index < -0.39 is 6.04 Å². The number of hydrogen-bond donors (Lipinski definition) is 1. The van der Waals surface area contributed by atoms with E-state index >= 15 is 0 Å². The molecule has 0 unspecified atom stereocenters. The molecule has 0 spiro atoms. The van der Waals surface area contributed by atoms with Crippen LogP contribution in [0, 0.1) is 6.92 Å². The maximum absolute atomic E-state index is 13.1. The largest absolute Gasteiger partial charge is 0.350 e. The molecule has 0 radical (unpaired) electrons. The van der Waals surface area contributed by atoms with Gasteiger partial charge in [-0.25, -0.2) is 0 Å². The van der Waals surface area contributed by atoms with E-state index in [0.717, 1.165) is 16.7 Å².